The van der Waals surface area contributed by atoms with Crippen molar-refractivity contribution in [2.45, 2.75) is 65.4 Å². The van der Waals surface area contributed by atoms with Crippen LogP contribution in [-0.2, 0) is 0 Å². The van der Waals surface area contributed by atoms with Gasteiger partial charge in [-0.25, -0.2) is 0 Å². The van der Waals surface area contributed by atoms with Crippen LogP contribution < -0.4 is 0 Å². The standard InChI is InChI=1S/C15H26O/c1-12-6-4-8-14(3)15(16)9-5-7-13(2)11-10-12/h6-7,14-16H,4-5,8-11H2,1-3H3. The van der Waals surface area contributed by atoms with Gasteiger partial charge in [0, 0.05) is 0 Å². The Labute approximate surface area is 100 Å². The molecule has 1 aliphatic carbocycles. The van der Waals surface area contributed by atoms with Crippen LogP contribution in [0.3, 0.4) is 0 Å². The Bertz CT molecular complexity index is 235. The van der Waals surface area contributed by atoms with Crippen LogP contribution in [0, 0.1) is 5.92 Å². The van der Waals surface area contributed by atoms with Gasteiger partial charge < -0.3 is 5.11 Å². The number of allylic oxidation sites excluding steroid dienone is 4. The fourth-order valence-corrected chi connectivity index (χ4v) is 2.17. The van der Waals surface area contributed by atoms with E-state index in [9.17, 15) is 5.11 Å². The Hall–Kier alpha value is -0.560. The lowest BCUT2D eigenvalue weighted by molar-refractivity contribution is 0.104. The molecule has 1 aliphatic rings. The van der Waals surface area contributed by atoms with E-state index in [0.29, 0.717) is 5.92 Å². The molecule has 1 nitrogen and oxygen atoms in total. The number of hydrogen-bond donors (Lipinski definition) is 1. The quantitative estimate of drug-likeness (QED) is 0.608. The largest absolute Gasteiger partial charge is 0.393 e. The SMILES string of the molecule is CC1=CCCC(C)C(O)CCC=C(C)CC1. The van der Waals surface area contributed by atoms with Crippen LogP contribution in [0.1, 0.15) is 59.3 Å². The van der Waals surface area contributed by atoms with E-state index >= 15 is 0 Å². The molecule has 1 heteroatoms. The van der Waals surface area contributed by atoms with Gasteiger partial charge in [0.1, 0.15) is 0 Å². The Morgan fingerprint density at radius 1 is 1.00 bits per heavy atom. The van der Waals surface area contributed by atoms with Crippen LogP contribution in [-0.4, -0.2) is 11.2 Å². The molecule has 16 heavy (non-hydrogen) atoms. The summed E-state index contributed by atoms with van der Waals surface area (Å²) in [4.78, 5) is 0. The number of aliphatic hydroxyl groups is 1. The number of rotatable bonds is 0. The van der Waals surface area contributed by atoms with E-state index in [0.717, 1.165) is 25.7 Å². The summed E-state index contributed by atoms with van der Waals surface area (Å²) in [6.45, 7) is 6.59. The van der Waals surface area contributed by atoms with Gasteiger partial charge in [0.05, 0.1) is 6.10 Å². The van der Waals surface area contributed by atoms with Crippen molar-refractivity contribution in [3.05, 3.63) is 23.3 Å². The zero-order chi connectivity index (χ0) is 12.0. The van der Waals surface area contributed by atoms with Crippen molar-refractivity contribution >= 4 is 0 Å². The molecule has 0 saturated heterocycles. The van der Waals surface area contributed by atoms with E-state index < -0.39 is 0 Å². The van der Waals surface area contributed by atoms with Crippen LogP contribution in [0.5, 0.6) is 0 Å². The van der Waals surface area contributed by atoms with Crippen LogP contribution in [0.2, 0.25) is 0 Å². The summed E-state index contributed by atoms with van der Waals surface area (Å²) in [5.74, 6) is 0.428. The monoisotopic (exact) mass is 222 g/mol. The van der Waals surface area contributed by atoms with Gasteiger partial charge in [-0.05, 0) is 58.3 Å². The second-order valence-corrected chi connectivity index (χ2v) is 5.30. The van der Waals surface area contributed by atoms with Gasteiger partial charge in [-0.1, -0.05) is 30.2 Å². The minimum atomic E-state index is -0.128. The average molecular weight is 222 g/mol. The Morgan fingerprint density at radius 3 is 2.06 bits per heavy atom. The average Bonchev–Trinajstić information content (AvgIpc) is 2.24. The van der Waals surface area contributed by atoms with Crippen LogP contribution >= 0.6 is 0 Å². The first-order chi connectivity index (χ1) is 7.59. The topological polar surface area (TPSA) is 20.2 Å². The fourth-order valence-electron chi connectivity index (χ4n) is 2.17. The minimum absolute atomic E-state index is 0.128. The summed E-state index contributed by atoms with van der Waals surface area (Å²) in [5, 5.41) is 9.96. The van der Waals surface area contributed by atoms with E-state index in [1.807, 2.05) is 0 Å². The molecule has 1 rings (SSSR count). The van der Waals surface area contributed by atoms with E-state index in [-0.39, 0.29) is 6.10 Å². The maximum atomic E-state index is 9.96. The van der Waals surface area contributed by atoms with Crippen molar-refractivity contribution in [3.63, 3.8) is 0 Å². The first kappa shape index (κ1) is 13.5. The van der Waals surface area contributed by atoms with Crippen molar-refractivity contribution in [2.75, 3.05) is 0 Å². The Kier molecular flexibility index (Phi) is 5.83. The van der Waals surface area contributed by atoms with Gasteiger partial charge in [0.15, 0.2) is 0 Å². The van der Waals surface area contributed by atoms with Gasteiger partial charge in [0.25, 0.3) is 0 Å². The van der Waals surface area contributed by atoms with Gasteiger partial charge in [-0.2, -0.15) is 0 Å². The summed E-state index contributed by atoms with van der Waals surface area (Å²) >= 11 is 0. The summed E-state index contributed by atoms with van der Waals surface area (Å²) in [7, 11) is 0. The molecule has 0 radical (unpaired) electrons. The summed E-state index contributed by atoms with van der Waals surface area (Å²) < 4.78 is 0. The lowest BCUT2D eigenvalue weighted by Crippen LogP contribution is -2.17. The summed E-state index contributed by atoms with van der Waals surface area (Å²) in [6.07, 6.45) is 11.1. The van der Waals surface area contributed by atoms with Crippen molar-refractivity contribution in [3.8, 4) is 0 Å². The van der Waals surface area contributed by atoms with E-state index in [2.05, 4.69) is 32.9 Å². The molecular formula is C15H26O. The zero-order valence-corrected chi connectivity index (χ0v) is 11.0. The maximum Gasteiger partial charge on any atom is 0.0568 e. The first-order valence-corrected chi connectivity index (χ1v) is 6.59. The van der Waals surface area contributed by atoms with Crippen LogP contribution in [0.15, 0.2) is 23.3 Å². The maximum absolute atomic E-state index is 9.96. The molecule has 0 fully saturated rings. The van der Waals surface area contributed by atoms with Crippen molar-refractivity contribution in [2.24, 2.45) is 5.92 Å². The van der Waals surface area contributed by atoms with Crippen LogP contribution in [0.4, 0.5) is 0 Å². The highest BCUT2D eigenvalue weighted by Crippen LogP contribution is 2.20. The number of hydrogen-bond acceptors (Lipinski definition) is 1. The molecule has 0 aliphatic heterocycles. The normalized spacial score (nSPS) is 29.8. The lowest BCUT2D eigenvalue weighted by atomic mass is 9.93. The third kappa shape index (κ3) is 4.98. The Balaban J connectivity index is 2.61. The molecule has 2 unspecified atom stereocenters. The Morgan fingerprint density at radius 2 is 1.50 bits per heavy atom. The van der Waals surface area contributed by atoms with Crippen molar-refractivity contribution in [1.82, 2.24) is 0 Å². The second kappa shape index (κ2) is 6.90. The molecular weight excluding hydrogens is 196 g/mol. The molecule has 0 spiro atoms. The van der Waals surface area contributed by atoms with Gasteiger partial charge >= 0.3 is 0 Å². The van der Waals surface area contributed by atoms with Gasteiger partial charge in [-0.3, -0.25) is 0 Å². The molecule has 2 atom stereocenters. The predicted octanol–water partition coefficient (Wildman–Crippen LogP) is 4.23. The highest BCUT2D eigenvalue weighted by atomic mass is 16.3. The lowest BCUT2D eigenvalue weighted by Gasteiger charge is -2.18. The minimum Gasteiger partial charge on any atom is -0.393 e. The molecule has 92 valence electrons. The van der Waals surface area contributed by atoms with E-state index in [1.165, 1.54) is 24.0 Å². The molecule has 0 aromatic carbocycles. The van der Waals surface area contributed by atoms with Gasteiger partial charge in [0.2, 0.25) is 0 Å². The highest BCUT2D eigenvalue weighted by molar-refractivity contribution is 5.05. The molecule has 0 aromatic rings. The smallest absolute Gasteiger partial charge is 0.0568 e. The summed E-state index contributed by atoms with van der Waals surface area (Å²) in [6, 6.07) is 0. The highest BCUT2D eigenvalue weighted by Gasteiger charge is 2.12. The fraction of sp³-hybridized carbons (Fsp3) is 0.733. The van der Waals surface area contributed by atoms with E-state index in [4.69, 9.17) is 0 Å². The third-order valence-electron chi connectivity index (χ3n) is 3.64. The van der Waals surface area contributed by atoms with E-state index in [1.54, 1.807) is 0 Å². The molecule has 0 bridgehead atoms. The molecule has 1 N–H and O–H groups in total. The predicted molar refractivity (Wildman–Crippen MR) is 70.4 cm³/mol. The molecule has 0 aromatic heterocycles. The van der Waals surface area contributed by atoms with Crippen molar-refractivity contribution in [1.29, 1.82) is 0 Å². The van der Waals surface area contributed by atoms with Crippen LogP contribution in [0.25, 0.3) is 0 Å². The van der Waals surface area contributed by atoms with Gasteiger partial charge in [-0.15, -0.1) is 0 Å². The number of aliphatic hydroxyl groups excluding tert-OH is 1. The summed E-state index contributed by atoms with van der Waals surface area (Å²) in [5.41, 5.74) is 2.96. The molecule has 0 amide bonds. The second-order valence-electron chi connectivity index (χ2n) is 5.30. The van der Waals surface area contributed by atoms with Crippen molar-refractivity contribution < 1.29 is 5.11 Å². The molecule has 0 heterocycles. The molecule has 0 saturated carbocycles. The zero-order valence-electron chi connectivity index (χ0n) is 11.0. The third-order valence-corrected chi connectivity index (χ3v) is 3.64. The first-order valence-electron chi connectivity index (χ1n) is 6.59.